The molecule has 27 heteroatoms. The molecule has 0 bridgehead atoms. The summed E-state index contributed by atoms with van der Waals surface area (Å²) in [6, 6.07) is 6.81. The molecule has 1 aromatic rings. The molecule has 0 radical (unpaired) electrons. The van der Waals surface area contributed by atoms with E-state index in [4.69, 9.17) is 52.1 Å². The largest absolute Gasteiger partial charge is 0.497 e. The van der Waals surface area contributed by atoms with Crippen LogP contribution < -0.4 is 4.74 Å². The third-order valence-corrected chi connectivity index (χ3v) is 23.3. The SMILES string of the molecule is COc1ccc(C=CC(=O)O[C@H]2[C@H](OC(C)=O)[C@@H](O[C@H]3O[C@@H](C)[C@H](O)[C@@H](O)[C@@H]3O)[C@@H](OC(=O)[C@@]34CCC(C)(C)C[C@H]3C3=CC[C@@H]5[C@@]6(C)CC[C@H](O[C@H]7O[C@@H](C(=O)O)[C@H](O)[C@H](O)[C@H]7O[C@H]7O[C@H](CO)[C@H](O)[C@H](O)[C@H]7O)[C@](C)(C=O)[C@@H]6CC[C@@]5(C)[C@@]3(C)C[C@@H]4O)O[C@H]2C)cc1. The van der Waals surface area contributed by atoms with Crippen molar-refractivity contribution in [3.05, 3.63) is 47.6 Å². The molecule has 0 amide bonds. The topological polar surface area (TPSA) is 409 Å². The number of methoxy groups -OCH3 is 1. The Kier molecular flexibility index (Phi) is 20.4. The second-order valence-electron chi connectivity index (χ2n) is 29.1. The molecule has 4 heterocycles. The lowest BCUT2D eigenvalue weighted by molar-refractivity contribution is -0.373. The van der Waals surface area contributed by atoms with E-state index in [2.05, 4.69) is 40.7 Å². The van der Waals surface area contributed by atoms with E-state index in [0.717, 1.165) is 24.9 Å². The van der Waals surface area contributed by atoms with E-state index in [1.165, 1.54) is 27.0 Å². The Morgan fingerprint density at radius 1 is 0.634 bits per heavy atom. The van der Waals surface area contributed by atoms with Crippen LogP contribution in [0.3, 0.4) is 0 Å². The van der Waals surface area contributed by atoms with Gasteiger partial charge >= 0.3 is 23.9 Å². The first-order valence-electron chi connectivity index (χ1n) is 32.3. The van der Waals surface area contributed by atoms with E-state index < -0.39 is 204 Å². The summed E-state index contributed by atoms with van der Waals surface area (Å²) in [4.78, 5) is 69.2. The summed E-state index contributed by atoms with van der Waals surface area (Å²) in [5, 5.41) is 121. The number of allylic oxidation sites excluding steroid dienone is 2. The summed E-state index contributed by atoms with van der Waals surface area (Å²) in [5.74, 6) is -4.89. The van der Waals surface area contributed by atoms with E-state index in [9.17, 15) is 75.3 Å². The molecule has 5 aliphatic carbocycles. The van der Waals surface area contributed by atoms with Crippen LogP contribution in [0.2, 0.25) is 0 Å². The molecule has 0 spiro atoms. The number of rotatable bonds is 16. The van der Waals surface area contributed by atoms with Crippen LogP contribution in [-0.4, -0.2) is 235 Å². The van der Waals surface area contributed by atoms with E-state index in [1.807, 2.05) is 0 Å². The summed E-state index contributed by atoms with van der Waals surface area (Å²) in [7, 11) is 1.52. The number of hydrogen-bond donors (Lipinski definition) is 11. The molecule has 30 atom stereocenters. The quantitative estimate of drug-likeness (QED) is 0.0276. The van der Waals surface area contributed by atoms with Gasteiger partial charge in [-0.1, -0.05) is 65.3 Å². The van der Waals surface area contributed by atoms with Crippen molar-refractivity contribution in [1.82, 2.24) is 0 Å². The van der Waals surface area contributed by atoms with Crippen molar-refractivity contribution in [3.8, 4) is 5.75 Å². The normalized spacial score (nSPS) is 47.9. The highest BCUT2D eigenvalue weighted by molar-refractivity contribution is 5.87. The minimum atomic E-state index is -2.10. The number of carbonyl (C=O) groups is 5. The molecule has 9 aliphatic rings. The maximum Gasteiger partial charge on any atom is 0.335 e. The lowest BCUT2D eigenvalue weighted by Gasteiger charge is -2.71. The summed E-state index contributed by atoms with van der Waals surface area (Å²) in [5.41, 5.74) is -3.76. The highest BCUT2D eigenvalue weighted by Crippen LogP contribution is 2.76. The van der Waals surface area contributed by atoms with Crippen LogP contribution in [0.25, 0.3) is 6.08 Å². The second kappa shape index (κ2) is 26.7. The highest BCUT2D eigenvalue weighted by Gasteiger charge is 2.73. The molecule has 93 heavy (non-hydrogen) atoms. The molecule has 0 unspecified atom stereocenters. The van der Waals surface area contributed by atoms with Crippen LogP contribution in [0.15, 0.2) is 42.0 Å². The van der Waals surface area contributed by atoms with Crippen LogP contribution in [0, 0.1) is 50.2 Å². The van der Waals surface area contributed by atoms with Crippen molar-refractivity contribution in [2.75, 3.05) is 13.7 Å². The number of fused-ring (bicyclic) bond motifs is 7. The van der Waals surface area contributed by atoms with Gasteiger partial charge in [0.25, 0.3) is 0 Å². The fraction of sp³-hybridized carbons (Fsp3) is 0.773. The molecule has 1 aromatic carbocycles. The minimum absolute atomic E-state index is 0.0866. The minimum Gasteiger partial charge on any atom is -0.497 e. The fourth-order valence-electron chi connectivity index (χ4n) is 17.8. The third-order valence-electron chi connectivity index (χ3n) is 23.3. The van der Waals surface area contributed by atoms with Crippen LogP contribution in [-0.2, 0) is 71.3 Å². The van der Waals surface area contributed by atoms with Gasteiger partial charge in [-0.15, -0.1) is 0 Å². The molecule has 10 rings (SSSR count). The number of aldehydes is 1. The maximum absolute atomic E-state index is 15.9. The van der Waals surface area contributed by atoms with Gasteiger partial charge in [-0.05, 0) is 135 Å². The zero-order valence-corrected chi connectivity index (χ0v) is 54.1. The zero-order chi connectivity index (χ0) is 68.0. The molecular weight excluding hydrogens is 1220 g/mol. The summed E-state index contributed by atoms with van der Waals surface area (Å²) in [6.07, 6.45) is -28.3. The van der Waals surface area contributed by atoms with Gasteiger partial charge in [-0.2, -0.15) is 0 Å². The van der Waals surface area contributed by atoms with Gasteiger partial charge in [-0.3, -0.25) is 9.59 Å². The molecule has 27 nitrogen and oxygen atoms in total. The number of aliphatic hydroxyl groups is 10. The molecule has 8 fully saturated rings. The van der Waals surface area contributed by atoms with Crippen molar-refractivity contribution >= 4 is 36.2 Å². The zero-order valence-electron chi connectivity index (χ0n) is 54.1. The van der Waals surface area contributed by atoms with Crippen LogP contribution >= 0.6 is 0 Å². The van der Waals surface area contributed by atoms with Crippen molar-refractivity contribution in [3.63, 3.8) is 0 Å². The van der Waals surface area contributed by atoms with Gasteiger partial charge in [0.2, 0.25) is 6.29 Å². The monoisotopic (exact) mass is 1320 g/mol. The average molecular weight is 1320 g/mol. The molecule has 0 aromatic heterocycles. The molecule has 4 saturated carbocycles. The average Bonchev–Trinajstić information content (AvgIpc) is 0.672. The van der Waals surface area contributed by atoms with Gasteiger partial charge in [0, 0.05) is 13.0 Å². The Labute approximate surface area is 539 Å². The number of aliphatic hydroxyl groups excluding tert-OH is 10. The first-order chi connectivity index (χ1) is 43.6. The molecular formula is C66H94O27. The lowest BCUT2D eigenvalue weighted by atomic mass is 9.33. The molecule has 4 saturated heterocycles. The van der Waals surface area contributed by atoms with E-state index >= 15 is 4.79 Å². The maximum atomic E-state index is 15.9. The van der Waals surface area contributed by atoms with Gasteiger partial charge in [-0.25, -0.2) is 9.59 Å². The predicted octanol–water partition coefficient (Wildman–Crippen LogP) is 1.11. The number of carbonyl (C=O) groups excluding carboxylic acids is 4. The third kappa shape index (κ3) is 12.4. The standard InChI is InChI=1S/C66H94O27/c1-29-42(72)44(74)48(78)56(84-29)92-54-53(86-31(3)69)50(89-41(71)18-13-32-11-14-33(83-10)15-12-32)30(2)85-59(54)93-60(82)66-24-23-61(4,5)25-35(66)34-16-17-38-62(6)21-20-40(63(7,28-68)37(62)19-22-64(38,8)65(34,9)26-39(66)70)88-58-52(47(77)46(76)51(90-58)55(80)81)91-57-49(79)45(75)43(73)36(27-67)87-57/h11-16,18,28-30,35-40,42-54,56-59,67,70,72-79H,17,19-27H2,1-10H3,(H,80,81)/t29-,30-,35-,36+,37+,38+,39-,40-,42-,43-,44+,45-,46+,47-,48-,49+,50+,51+,52+,53-,54+,56+,57+,58-,59+,62-,63+,64+,65-,66-/m0/s1. The van der Waals surface area contributed by atoms with Crippen molar-refractivity contribution in [2.45, 2.75) is 255 Å². The Morgan fingerprint density at radius 2 is 1.28 bits per heavy atom. The van der Waals surface area contributed by atoms with E-state index in [1.54, 1.807) is 31.2 Å². The van der Waals surface area contributed by atoms with Crippen molar-refractivity contribution < 1.29 is 132 Å². The first-order valence-corrected chi connectivity index (χ1v) is 32.3. The predicted molar refractivity (Wildman–Crippen MR) is 318 cm³/mol. The number of ether oxygens (including phenoxy) is 11. The first kappa shape index (κ1) is 71.2. The van der Waals surface area contributed by atoms with Crippen molar-refractivity contribution in [2.24, 2.45) is 50.2 Å². The molecule has 11 N–H and O–H groups in total. The highest BCUT2D eigenvalue weighted by atomic mass is 16.8. The summed E-state index contributed by atoms with van der Waals surface area (Å²) in [6.45, 7) is 15.7. The van der Waals surface area contributed by atoms with Gasteiger partial charge < -0.3 is 113 Å². The number of carboxylic acid groups (broad SMARTS) is 1. The van der Waals surface area contributed by atoms with E-state index in [-0.39, 0.29) is 30.6 Å². The smallest absolute Gasteiger partial charge is 0.335 e. The van der Waals surface area contributed by atoms with Crippen LogP contribution in [0.1, 0.15) is 126 Å². The fourth-order valence-corrected chi connectivity index (χ4v) is 17.8. The van der Waals surface area contributed by atoms with Crippen molar-refractivity contribution in [1.29, 1.82) is 0 Å². The van der Waals surface area contributed by atoms with Gasteiger partial charge in [0.1, 0.15) is 78.5 Å². The second-order valence-corrected chi connectivity index (χ2v) is 29.1. The molecule has 4 aliphatic heterocycles. The number of hydrogen-bond acceptors (Lipinski definition) is 26. The molecule has 520 valence electrons. The van der Waals surface area contributed by atoms with E-state index in [0.29, 0.717) is 49.8 Å². The lowest BCUT2D eigenvalue weighted by Crippen LogP contribution is -2.69. The number of benzene rings is 1. The van der Waals surface area contributed by atoms with Crippen LogP contribution in [0.4, 0.5) is 0 Å². The number of aliphatic carboxylic acids is 1. The summed E-state index contributed by atoms with van der Waals surface area (Å²) >= 11 is 0. The van der Waals surface area contributed by atoms with Gasteiger partial charge in [0.05, 0.1) is 43.5 Å². The number of carboxylic acids is 1. The Balaban J connectivity index is 0.940. The summed E-state index contributed by atoms with van der Waals surface area (Å²) < 4.78 is 66.2. The number of esters is 3. The van der Waals surface area contributed by atoms with Gasteiger partial charge in [0.15, 0.2) is 43.3 Å². The Bertz CT molecular complexity index is 2960. The Morgan fingerprint density at radius 3 is 1.91 bits per heavy atom. The Hall–Kier alpha value is -4.63. The van der Waals surface area contributed by atoms with Crippen LogP contribution in [0.5, 0.6) is 5.75 Å².